The fourth-order valence-corrected chi connectivity index (χ4v) is 7.91. The van der Waals surface area contributed by atoms with Gasteiger partial charge in [-0.15, -0.1) is 0 Å². The number of alkyl halides is 3. The summed E-state index contributed by atoms with van der Waals surface area (Å²) < 4.78 is 52.8. The molecule has 3 heterocycles. The van der Waals surface area contributed by atoms with Crippen LogP contribution in [0.3, 0.4) is 0 Å². The number of unbranched alkanes of at least 4 members (excludes halogenated alkanes) is 1. The molecule has 1 spiro atoms. The summed E-state index contributed by atoms with van der Waals surface area (Å²) in [5.74, 6) is -2.57. The number of hydrogen-bond donors (Lipinski definition) is 1. The van der Waals surface area contributed by atoms with Crippen LogP contribution in [0, 0.1) is 24.6 Å². The first kappa shape index (κ1) is 37.2. The highest BCUT2D eigenvalue weighted by Gasteiger charge is 2.50. The zero-order chi connectivity index (χ0) is 34.4. The average molecular weight is 690 g/mol. The van der Waals surface area contributed by atoms with Gasteiger partial charge in [0.25, 0.3) is 5.91 Å². The standard InChI is InChI=1S/C32H47ClFN3O3.C2HF3O2/c1-3-4-10-25-22-37(21-24-8-6-5-7-9-24)31(39)40-32(25)15-19-35(20-16-32)26-13-17-36(18-14-26)30(38)28-27(33)12-11-23(2)29(28)34;3-2(4,5)1(6)7/h11-12,24-26H,3-10,13-22H2,1-2H3;(H,6,7). The van der Waals surface area contributed by atoms with E-state index in [9.17, 15) is 27.2 Å². The van der Waals surface area contributed by atoms with Gasteiger partial charge < -0.3 is 19.6 Å². The van der Waals surface area contributed by atoms with E-state index in [1.54, 1.807) is 24.0 Å². The second-order valence-electron chi connectivity index (χ2n) is 13.6. The molecule has 1 saturated carbocycles. The molecule has 1 atom stereocenters. The van der Waals surface area contributed by atoms with E-state index < -0.39 is 18.0 Å². The highest BCUT2D eigenvalue weighted by molar-refractivity contribution is 6.33. The molecule has 1 aliphatic carbocycles. The number of hydrogen-bond acceptors (Lipinski definition) is 5. The van der Waals surface area contributed by atoms with Gasteiger partial charge in [0.1, 0.15) is 11.4 Å². The number of carbonyl (C=O) groups is 3. The second-order valence-corrected chi connectivity index (χ2v) is 14.0. The predicted octanol–water partition coefficient (Wildman–Crippen LogP) is 7.70. The summed E-state index contributed by atoms with van der Waals surface area (Å²) >= 11 is 6.21. The molecule has 4 fully saturated rings. The van der Waals surface area contributed by atoms with Crippen molar-refractivity contribution in [2.75, 3.05) is 39.3 Å². The van der Waals surface area contributed by atoms with E-state index in [0.717, 1.165) is 64.7 Å². The Labute approximate surface area is 279 Å². The van der Waals surface area contributed by atoms with Crippen molar-refractivity contribution in [1.29, 1.82) is 0 Å². The van der Waals surface area contributed by atoms with Gasteiger partial charge in [-0.2, -0.15) is 13.2 Å². The fourth-order valence-electron chi connectivity index (χ4n) is 7.69. The van der Waals surface area contributed by atoms with E-state index in [-0.39, 0.29) is 28.2 Å². The Bertz CT molecular complexity index is 1240. The Morgan fingerprint density at radius 3 is 2.23 bits per heavy atom. The monoisotopic (exact) mass is 689 g/mol. The number of carbonyl (C=O) groups excluding carboxylic acids is 2. The number of aryl methyl sites for hydroxylation is 1. The molecule has 1 aromatic carbocycles. The normalized spacial score (nSPS) is 22.9. The number of benzene rings is 1. The molecule has 1 aromatic rings. The van der Waals surface area contributed by atoms with Crippen LogP contribution >= 0.6 is 11.6 Å². The summed E-state index contributed by atoms with van der Waals surface area (Å²) in [6, 6.07) is 3.59. The van der Waals surface area contributed by atoms with Gasteiger partial charge in [-0.3, -0.25) is 9.69 Å². The van der Waals surface area contributed by atoms with Gasteiger partial charge in [0.05, 0.1) is 10.6 Å². The molecular formula is C34H48ClF4N3O5. The molecule has 3 saturated heterocycles. The van der Waals surface area contributed by atoms with Gasteiger partial charge in [-0.1, -0.05) is 56.7 Å². The molecule has 1 N–H and O–H groups in total. The summed E-state index contributed by atoms with van der Waals surface area (Å²) in [5.41, 5.74) is 0.0829. The lowest BCUT2D eigenvalue weighted by atomic mass is 9.75. The summed E-state index contributed by atoms with van der Waals surface area (Å²) in [6.45, 7) is 8.61. The lowest BCUT2D eigenvalue weighted by molar-refractivity contribution is -0.192. The minimum atomic E-state index is -5.08. The highest BCUT2D eigenvalue weighted by Crippen LogP contribution is 2.42. The molecule has 2 amide bonds. The minimum Gasteiger partial charge on any atom is -0.475 e. The van der Waals surface area contributed by atoms with Crippen LogP contribution < -0.4 is 0 Å². The Morgan fingerprint density at radius 2 is 1.66 bits per heavy atom. The van der Waals surface area contributed by atoms with Crippen molar-refractivity contribution in [3.63, 3.8) is 0 Å². The first-order chi connectivity index (χ1) is 22.3. The predicted molar refractivity (Wildman–Crippen MR) is 170 cm³/mol. The third-order valence-corrected chi connectivity index (χ3v) is 10.8. The maximum absolute atomic E-state index is 14.7. The smallest absolute Gasteiger partial charge is 0.475 e. The summed E-state index contributed by atoms with van der Waals surface area (Å²) in [6.07, 6.45) is 8.12. The van der Waals surface area contributed by atoms with Crippen LogP contribution in [-0.2, 0) is 9.53 Å². The number of ether oxygens (including phenoxy) is 1. The zero-order valence-electron chi connectivity index (χ0n) is 27.4. The Kier molecular flexibility index (Phi) is 12.8. The molecule has 264 valence electrons. The maximum atomic E-state index is 14.7. The molecule has 13 heteroatoms. The summed E-state index contributed by atoms with van der Waals surface area (Å²) in [5, 5.41) is 7.30. The molecule has 1 unspecified atom stereocenters. The largest absolute Gasteiger partial charge is 0.490 e. The first-order valence-corrected chi connectivity index (χ1v) is 17.4. The molecule has 5 rings (SSSR count). The van der Waals surface area contributed by atoms with Crippen LogP contribution in [0.15, 0.2) is 12.1 Å². The lowest BCUT2D eigenvalue weighted by Gasteiger charge is -2.52. The minimum absolute atomic E-state index is 0.00482. The number of carboxylic acids is 1. The van der Waals surface area contributed by atoms with E-state index in [4.69, 9.17) is 26.2 Å². The third-order valence-electron chi connectivity index (χ3n) is 10.5. The first-order valence-electron chi connectivity index (χ1n) is 17.0. The lowest BCUT2D eigenvalue weighted by Crippen LogP contribution is -2.61. The van der Waals surface area contributed by atoms with E-state index in [0.29, 0.717) is 36.5 Å². The van der Waals surface area contributed by atoms with Crippen molar-refractivity contribution in [2.24, 2.45) is 11.8 Å². The second kappa shape index (κ2) is 16.2. The topological polar surface area (TPSA) is 90.4 Å². The molecule has 3 aliphatic heterocycles. The number of rotatable bonds is 7. The van der Waals surface area contributed by atoms with Crippen LogP contribution in [0.4, 0.5) is 22.4 Å². The van der Waals surface area contributed by atoms with Crippen LogP contribution in [0.5, 0.6) is 0 Å². The van der Waals surface area contributed by atoms with Gasteiger partial charge in [0.15, 0.2) is 0 Å². The van der Waals surface area contributed by atoms with Crippen LogP contribution in [0.2, 0.25) is 5.02 Å². The molecule has 0 bridgehead atoms. The van der Waals surface area contributed by atoms with Crippen LogP contribution in [-0.4, -0.2) is 94.9 Å². The summed E-state index contributed by atoms with van der Waals surface area (Å²) in [7, 11) is 0. The van der Waals surface area contributed by atoms with E-state index >= 15 is 0 Å². The number of likely N-dealkylation sites (tertiary alicyclic amines) is 2. The molecule has 0 radical (unpaired) electrons. The van der Waals surface area contributed by atoms with E-state index in [1.165, 1.54) is 38.5 Å². The van der Waals surface area contributed by atoms with Crippen LogP contribution in [0.25, 0.3) is 0 Å². The Hall–Kier alpha value is -2.60. The molecule has 47 heavy (non-hydrogen) atoms. The molecular weight excluding hydrogens is 642 g/mol. The highest BCUT2D eigenvalue weighted by atomic mass is 35.5. The van der Waals surface area contributed by atoms with E-state index in [1.807, 2.05) is 4.90 Å². The quantitative estimate of drug-likeness (QED) is 0.295. The molecule has 4 aliphatic rings. The number of carboxylic acid groups (broad SMARTS) is 1. The van der Waals surface area contributed by atoms with Crippen molar-refractivity contribution in [3.8, 4) is 0 Å². The summed E-state index contributed by atoms with van der Waals surface area (Å²) in [4.78, 5) is 41.6. The SMILES string of the molecule is CCCCC1CN(CC2CCCCC2)C(=O)OC12CCN(C1CCN(C(=O)c3c(Cl)ccc(C)c3F)CC1)CC2.O=C(O)C(F)(F)F. The van der Waals surface area contributed by atoms with Gasteiger partial charge in [-0.25, -0.2) is 14.0 Å². The third kappa shape index (κ3) is 9.31. The number of piperidine rings is 2. The van der Waals surface area contributed by atoms with Gasteiger partial charge in [0, 0.05) is 64.1 Å². The average Bonchev–Trinajstić information content (AvgIpc) is 3.04. The number of nitrogens with zero attached hydrogens (tertiary/aromatic N) is 3. The Morgan fingerprint density at radius 1 is 1.04 bits per heavy atom. The molecule has 0 aromatic heterocycles. The number of aliphatic carboxylic acids is 1. The zero-order valence-corrected chi connectivity index (χ0v) is 28.2. The molecule has 8 nitrogen and oxygen atoms in total. The number of halogens is 5. The number of amides is 2. The Balaban J connectivity index is 0.000000644. The van der Waals surface area contributed by atoms with Gasteiger partial charge in [0.2, 0.25) is 0 Å². The fraction of sp³-hybridized carbons (Fsp3) is 0.735. The van der Waals surface area contributed by atoms with Crippen molar-refractivity contribution in [3.05, 3.63) is 34.1 Å². The van der Waals surface area contributed by atoms with Gasteiger partial charge in [-0.05, 0) is 56.6 Å². The van der Waals surface area contributed by atoms with Crippen molar-refractivity contribution < 1.29 is 41.8 Å². The van der Waals surface area contributed by atoms with E-state index in [2.05, 4.69) is 11.8 Å². The maximum Gasteiger partial charge on any atom is 0.490 e. The van der Waals surface area contributed by atoms with Gasteiger partial charge >= 0.3 is 18.2 Å². The van der Waals surface area contributed by atoms with Crippen molar-refractivity contribution in [2.45, 2.75) is 109 Å². The van der Waals surface area contributed by atoms with Crippen molar-refractivity contribution in [1.82, 2.24) is 14.7 Å². The van der Waals surface area contributed by atoms with Crippen LogP contribution in [0.1, 0.15) is 99.9 Å². The van der Waals surface area contributed by atoms with Crippen molar-refractivity contribution >= 4 is 29.6 Å².